The highest BCUT2D eigenvalue weighted by atomic mass is 35.5. The lowest BCUT2D eigenvalue weighted by atomic mass is 9.93. The fraction of sp³-hybridized carbons (Fsp3) is 0.333. The molecule has 0 unspecified atom stereocenters. The molecule has 0 radical (unpaired) electrons. The highest BCUT2D eigenvalue weighted by molar-refractivity contribution is 7.80. The van der Waals surface area contributed by atoms with E-state index in [-0.39, 0.29) is 5.54 Å². The van der Waals surface area contributed by atoms with E-state index >= 15 is 0 Å². The van der Waals surface area contributed by atoms with Crippen LogP contribution in [0.2, 0.25) is 5.02 Å². The number of methoxy groups -OCH3 is 1. The van der Waals surface area contributed by atoms with E-state index in [0.29, 0.717) is 15.9 Å². The second-order valence-electron chi connectivity index (χ2n) is 5.93. The molecule has 1 saturated carbocycles. The van der Waals surface area contributed by atoms with Gasteiger partial charge in [0.15, 0.2) is 5.11 Å². The molecule has 0 amide bonds. The molecule has 6 heteroatoms. The molecule has 0 spiro atoms. The predicted octanol–water partition coefficient (Wildman–Crippen LogP) is 4.50. The largest absolute Gasteiger partial charge is 0.495 e. The summed E-state index contributed by atoms with van der Waals surface area (Å²) in [5.41, 5.74) is 1.67. The molecule has 1 aliphatic carbocycles. The van der Waals surface area contributed by atoms with Crippen LogP contribution in [0.5, 0.6) is 5.75 Å². The molecule has 1 aromatic heterocycles. The average Bonchev–Trinajstić information content (AvgIpc) is 3.05. The molecule has 2 aromatic rings. The lowest BCUT2D eigenvalue weighted by Gasteiger charge is -2.31. The van der Waals surface area contributed by atoms with Crippen molar-refractivity contribution in [3.05, 3.63) is 53.3 Å². The SMILES string of the molecule is COc1ccc(NC(=S)NC2(c3ccccn3)CCCC2)cc1Cl. The zero-order chi connectivity index (χ0) is 17.0. The molecule has 0 saturated heterocycles. The Balaban J connectivity index is 1.74. The number of anilines is 1. The van der Waals surface area contributed by atoms with Gasteiger partial charge in [0.05, 0.1) is 23.4 Å². The van der Waals surface area contributed by atoms with Gasteiger partial charge in [0, 0.05) is 11.9 Å². The summed E-state index contributed by atoms with van der Waals surface area (Å²) in [7, 11) is 1.59. The maximum absolute atomic E-state index is 6.17. The van der Waals surface area contributed by atoms with Gasteiger partial charge in [0.25, 0.3) is 0 Å². The van der Waals surface area contributed by atoms with Gasteiger partial charge in [-0.1, -0.05) is 30.5 Å². The standard InChI is InChI=1S/C18H20ClN3OS/c1-23-15-8-7-13(12-14(15)19)21-17(24)22-18(9-3-4-10-18)16-6-2-5-11-20-16/h2,5-8,11-12H,3-4,9-10H2,1H3,(H2,21,22,24). The molecular weight excluding hydrogens is 342 g/mol. The Bertz CT molecular complexity index is 717. The van der Waals surface area contributed by atoms with Crippen LogP contribution in [0.3, 0.4) is 0 Å². The summed E-state index contributed by atoms with van der Waals surface area (Å²) in [6.07, 6.45) is 6.21. The van der Waals surface area contributed by atoms with Gasteiger partial charge in [0.1, 0.15) is 5.75 Å². The highest BCUT2D eigenvalue weighted by Crippen LogP contribution is 2.37. The molecule has 1 aromatic carbocycles. The molecule has 0 aliphatic heterocycles. The lowest BCUT2D eigenvalue weighted by Crippen LogP contribution is -2.46. The fourth-order valence-corrected chi connectivity index (χ4v) is 3.76. The monoisotopic (exact) mass is 361 g/mol. The van der Waals surface area contributed by atoms with Crippen molar-refractivity contribution in [2.24, 2.45) is 0 Å². The summed E-state index contributed by atoms with van der Waals surface area (Å²) >= 11 is 11.7. The topological polar surface area (TPSA) is 46.2 Å². The minimum Gasteiger partial charge on any atom is -0.495 e. The minimum atomic E-state index is -0.193. The Kier molecular flexibility index (Phi) is 5.21. The molecule has 0 bridgehead atoms. The zero-order valence-corrected chi connectivity index (χ0v) is 15.1. The van der Waals surface area contributed by atoms with Gasteiger partial charge in [-0.3, -0.25) is 4.98 Å². The Morgan fingerprint density at radius 1 is 1.25 bits per heavy atom. The highest BCUT2D eigenvalue weighted by Gasteiger charge is 2.37. The number of ether oxygens (including phenoxy) is 1. The number of nitrogens with one attached hydrogen (secondary N) is 2. The lowest BCUT2D eigenvalue weighted by molar-refractivity contribution is 0.396. The summed E-state index contributed by atoms with van der Waals surface area (Å²) in [6.45, 7) is 0. The van der Waals surface area contributed by atoms with Crippen LogP contribution in [0.25, 0.3) is 0 Å². The number of benzene rings is 1. The molecular formula is C18H20ClN3OS. The van der Waals surface area contributed by atoms with Crippen LogP contribution in [0, 0.1) is 0 Å². The summed E-state index contributed by atoms with van der Waals surface area (Å²) < 4.78 is 5.17. The Morgan fingerprint density at radius 3 is 2.67 bits per heavy atom. The van der Waals surface area contributed by atoms with Crippen molar-refractivity contribution < 1.29 is 4.74 Å². The first-order chi connectivity index (χ1) is 11.6. The summed E-state index contributed by atoms with van der Waals surface area (Å²) in [5, 5.41) is 7.82. The van der Waals surface area contributed by atoms with E-state index < -0.39 is 0 Å². The number of halogens is 1. The van der Waals surface area contributed by atoms with Crippen LogP contribution >= 0.6 is 23.8 Å². The van der Waals surface area contributed by atoms with Crippen molar-refractivity contribution in [2.45, 2.75) is 31.2 Å². The van der Waals surface area contributed by atoms with Crippen LogP contribution in [-0.2, 0) is 5.54 Å². The van der Waals surface area contributed by atoms with Crippen molar-refractivity contribution >= 4 is 34.6 Å². The molecule has 0 atom stereocenters. The normalized spacial score (nSPS) is 15.8. The number of aromatic nitrogens is 1. The van der Waals surface area contributed by atoms with Gasteiger partial charge in [-0.05, 0) is 55.4 Å². The second-order valence-corrected chi connectivity index (χ2v) is 6.75. The molecule has 2 N–H and O–H groups in total. The van der Waals surface area contributed by atoms with Crippen LogP contribution < -0.4 is 15.4 Å². The zero-order valence-electron chi connectivity index (χ0n) is 13.5. The van der Waals surface area contributed by atoms with E-state index in [1.54, 1.807) is 13.2 Å². The van der Waals surface area contributed by atoms with Gasteiger partial charge in [0.2, 0.25) is 0 Å². The predicted molar refractivity (Wildman–Crippen MR) is 102 cm³/mol. The molecule has 1 heterocycles. The van der Waals surface area contributed by atoms with Crippen LogP contribution in [-0.4, -0.2) is 17.2 Å². The maximum Gasteiger partial charge on any atom is 0.171 e. The number of rotatable bonds is 4. The van der Waals surface area contributed by atoms with Gasteiger partial charge < -0.3 is 15.4 Å². The molecule has 3 rings (SSSR count). The summed E-state index contributed by atoms with van der Waals surface area (Å²) in [4.78, 5) is 4.54. The van der Waals surface area contributed by atoms with Crippen LogP contribution in [0.1, 0.15) is 31.4 Å². The first-order valence-corrected chi connectivity index (χ1v) is 8.76. The maximum atomic E-state index is 6.17. The van der Waals surface area contributed by atoms with E-state index in [0.717, 1.165) is 24.2 Å². The fourth-order valence-electron chi connectivity index (χ4n) is 3.19. The van der Waals surface area contributed by atoms with E-state index in [4.69, 9.17) is 28.6 Å². The van der Waals surface area contributed by atoms with Crippen molar-refractivity contribution in [3.8, 4) is 5.75 Å². The van der Waals surface area contributed by atoms with Crippen molar-refractivity contribution in [3.63, 3.8) is 0 Å². The third-order valence-electron chi connectivity index (χ3n) is 4.37. The Labute approximate surface area is 152 Å². The molecule has 24 heavy (non-hydrogen) atoms. The van der Waals surface area contributed by atoms with Crippen molar-refractivity contribution in [1.82, 2.24) is 10.3 Å². The summed E-state index contributed by atoms with van der Waals surface area (Å²) in [5.74, 6) is 0.641. The van der Waals surface area contributed by atoms with Gasteiger partial charge in [-0.25, -0.2) is 0 Å². The smallest absolute Gasteiger partial charge is 0.171 e. The van der Waals surface area contributed by atoms with Crippen LogP contribution in [0.4, 0.5) is 5.69 Å². The van der Waals surface area contributed by atoms with E-state index in [2.05, 4.69) is 21.7 Å². The van der Waals surface area contributed by atoms with Crippen molar-refractivity contribution in [1.29, 1.82) is 0 Å². The summed E-state index contributed by atoms with van der Waals surface area (Å²) in [6, 6.07) is 11.5. The number of nitrogens with zero attached hydrogens (tertiary/aromatic N) is 1. The molecule has 126 valence electrons. The second kappa shape index (κ2) is 7.36. The minimum absolute atomic E-state index is 0.193. The third kappa shape index (κ3) is 3.62. The van der Waals surface area contributed by atoms with E-state index in [1.807, 2.05) is 30.5 Å². The third-order valence-corrected chi connectivity index (χ3v) is 4.87. The molecule has 1 fully saturated rings. The van der Waals surface area contributed by atoms with Crippen LogP contribution in [0.15, 0.2) is 42.6 Å². The van der Waals surface area contributed by atoms with Gasteiger partial charge in [-0.15, -0.1) is 0 Å². The first kappa shape index (κ1) is 17.0. The molecule has 4 nitrogen and oxygen atoms in total. The van der Waals surface area contributed by atoms with Crippen molar-refractivity contribution in [2.75, 3.05) is 12.4 Å². The van der Waals surface area contributed by atoms with E-state index in [1.165, 1.54) is 12.8 Å². The molecule has 1 aliphatic rings. The number of hydrogen-bond acceptors (Lipinski definition) is 3. The average molecular weight is 362 g/mol. The number of thiocarbonyl (C=S) groups is 1. The Hall–Kier alpha value is -1.85. The first-order valence-electron chi connectivity index (χ1n) is 7.97. The van der Waals surface area contributed by atoms with E-state index in [9.17, 15) is 0 Å². The van der Waals surface area contributed by atoms with Gasteiger partial charge in [-0.2, -0.15) is 0 Å². The number of pyridine rings is 1. The van der Waals surface area contributed by atoms with Gasteiger partial charge >= 0.3 is 0 Å². The quantitative estimate of drug-likeness (QED) is 0.785. The number of hydrogen-bond donors (Lipinski definition) is 2. The Morgan fingerprint density at radius 2 is 2.04 bits per heavy atom.